The van der Waals surface area contributed by atoms with E-state index in [1.54, 1.807) is 62.6 Å². The molecule has 0 radical (unpaired) electrons. The molecule has 1 N–H and O–H groups in total. The van der Waals surface area contributed by atoms with E-state index in [1.165, 1.54) is 19.2 Å². The molecule has 9 heteroatoms. The molecule has 3 aromatic carbocycles. The summed E-state index contributed by atoms with van der Waals surface area (Å²) in [7, 11) is -0.946. The molecule has 0 aliphatic carbocycles. The first-order valence-corrected chi connectivity index (χ1v) is 12.3. The summed E-state index contributed by atoms with van der Waals surface area (Å²) in [5.41, 5.74) is 1.88. The molecule has 180 valence electrons. The summed E-state index contributed by atoms with van der Waals surface area (Å²) in [5, 5.41) is 3.27. The smallest absolute Gasteiger partial charge is 0.264 e. The van der Waals surface area contributed by atoms with E-state index in [9.17, 15) is 13.2 Å². The van der Waals surface area contributed by atoms with Crippen molar-refractivity contribution in [3.63, 3.8) is 0 Å². The van der Waals surface area contributed by atoms with Crippen molar-refractivity contribution >= 4 is 33.2 Å². The third kappa shape index (κ3) is 5.63. The van der Waals surface area contributed by atoms with Gasteiger partial charge in [0.05, 0.1) is 30.8 Å². The standard InChI is InChI=1S/C25H27ClN2O5S/c1-17-10-12-20(15-22(17)26)28(34(30,31)21-8-6-5-7-9-21)16-25(29)27-18(2)19-11-13-23(32-3)24(14-19)33-4/h5-15,18H,16H2,1-4H3,(H,27,29). The lowest BCUT2D eigenvalue weighted by atomic mass is 10.1. The van der Waals surface area contributed by atoms with E-state index in [1.807, 2.05) is 13.0 Å². The number of benzene rings is 3. The van der Waals surface area contributed by atoms with Crippen LogP contribution in [0.2, 0.25) is 5.02 Å². The number of hydrogen-bond acceptors (Lipinski definition) is 5. The highest BCUT2D eigenvalue weighted by molar-refractivity contribution is 7.92. The van der Waals surface area contributed by atoms with E-state index >= 15 is 0 Å². The molecule has 0 spiro atoms. The highest BCUT2D eigenvalue weighted by atomic mass is 35.5. The molecular weight excluding hydrogens is 476 g/mol. The summed E-state index contributed by atoms with van der Waals surface area (Å²) in [6.07, 6.45) is 0. The van der Waals surface area contributed by atoms with E-state index < -0.39 is 28.5 Å². The highest BCUT2D eigenvalue weighted by Gasteiger charge is 2.28. The average molecular weight is 503 g/mol. The molecular formula is C25H27ClN2O5S. The predicted molar refractivity (Wildman–Crippen MR) is 133 cm³/mol. The maximum atomic E-state index is 13.4. The van der Waals surface area contributed by atoms with Crippen molar-refractivity contribution < 1.29 is 22.7 Å². The minimum atomic E-state index is -4.02. The molecule has 0 saturated carbocycles. The van der Waals surface area contributed by atoms with Crippen molar-refractivity contribution in [3.8, 4) is 11.5 Å². The van der Waals surface area contributed by atoms with Gasteiger partial charge in [0.15, 0.2) is 11.5 Å². The van der Waals surface area contributed by atoms with Crippen molar-refractivity contribution in [3.05, 3.63) is 82.9 Å². The average Bonchev–Trinajstić information content (AvgIpc) is 2.84. The van der Waals surface area contributed by atoms with Gasteiger partial charge in [-0.15, -0.1) is 0 Å². The number of halogens is 1. The summed E-state index contributed by atoms with van der Waals surface area (Å²) < 4.78 is 38.5. The lowest BCUT2D eigenvalue weighted by Crippen LogP contribution is -2.41. The first-order chi connectivity index (χ1) is 16.2. The summed E-state index contributed by atoms with van der Waals surface area (Å²) in [6, 6.07) is 17.8. The largest absolute Gasteiger partial charge is 0.493 e. The molecule has 34 heavy (non-hydrogen) atoms. The van der Waals surface area contributed by atoms with Crippen molar-refractivity contribution in [2.75, 3.05) is 25.1 Å². The van der Waals surface area contributed by atoms with Gasteiger partial charge in [-0.25, -0.2) is 8.42 Å². The van der Waals surface area contributed by atoms with Gasteiger partial charge in [0.2, 0.25) is 5.91 Å². The zero-order valence-electron chi connectivity index (χ0n) is 19.4. The number of methoxy groups -OCH3 is 2. The lowest BCUT2D eigenvalue weighted by molar-refractivity contribution is -0.120. The molecule has 0 aromatic heterocycles. The summed E-state index contributed by atoms with van der Waals surface area (Å²) in [5.74, 6) is 0.628. The quantitative estimate of drug-likeness (QED) is 0.457. The van der Waals surface area contributed by atoms with Gasteiger partial charge in [-0.2, -0.15) is 0 Å². The maximum Gasteiger partial charge on any atom is 0.264 e. The number of nitrogens with one attached hydrogen (secondary N) is 1. The van der Waals surface area contributed by atoms with Crippen LogP contribution >= 0.6 is 11.6 Å². The number of anilines is 1. The molecule has 0 saturated heterocycles. The number of amides is 1. The summed E-state index contributed by atoms with van der Waals surface area (Å²) >= 11 is 6.26. The molecule has 1 atom stereocenters. The monoisotopic (exact) mass is 502 g/mol. The molecule has 0 heterocycles. The van der Waals surface area contributed by atoms with Gasteiger partial charge in [-0.1, -0.05) is 41.9 Å². The topological polar surface area (TPSA) is 84.9 Å². The van der Waals surface area contributed by atoms with Crippen LogP contribution in [0.4, 0.5) is 5.69 Å². The fourth-order valence-corrected chi connectivity index (χ4v) is 5.00. The molecule has 7 nitrogen and oxygen atoms in total. The molecule has 0 aliphatic heterocycles. The van der Waals surface area contributed by atoms with Gasteiger partial charge in [-0.3, -0.25) is 9.10 Å². The highest BCUT2D eigenvalue weighted by Crippen LogP contribution is 2.30. The Labute approximate surface area is 205 Å². The van der Waals surface area contributed by atoms with Gasteiger partial charge >= 0.3 is 0 Å². The number of hydrogen-bond donors (Lipinski definition) is 1. The van der Waals surface area contributed by atoms with Crippen LogP contribution in [0.3, 0.4) is 0 Å². The van der Waals surface area contributed by atoms with Crippen LogP contribution < -0.4 is 19.1 Å². The first kappa shape index (κ1) is 25.4. The van der Waals surface area contributed by atoms with Crippen LogP contribution in [0.25, 0.3) is 0 Å². The van der Waals surface area contributed by atoms with Crippen LogP contribution in [0, 0.1) is 6.92 Å². The van der Waals surface area contributed by atoms with Gasteiger partial charge in [-0.05, 0) is 61.4 Å². The van der Waals surface area contributed by atoms with Crippen molar-refractivity contribution in [1.82, 2.24) is 5.32 Å². The molecule has 1 amide bonds. The molecule has 0 bridgehead atoms. The third-order valence-electron chi connectivity index (χ3n) is 5.35. The summed E-state index contributed by atoms with van der Waals surface area (Å²) in [6.45, 7) is 3.20. The second kappa shape index (κ2) is 10.8. The Morgan fingerprint density at radius 3 is 2.29 bits per heavy atom. The van der Waals surface area contributed by atoms with Crippen molar-refractivity contribution in [2.45, 2.75) is 24.8 Å². The second-order valence-electron chi connectivity index (χ2n) is 7.66. The van der Waals surface area contributed by atoms with E-state index in [0.717, 1.165) is 15.4 Å². The molecule has 3 aromatic rings. The Kier molecular flexibility index (Phi) is 8.06. The molecule has 3 rings (SSSR count). The van der Waals surface area contributed by atoms with Crippen molar-refractivity contribution in [1.29, 1.82) is 0 Å². The number of aryl methyl sites for hydroxylation is 1. The number of rotatable bonds is 9. The predicted octanol–water partition coefficient (Wildman–Crippen LogP) is 4.74. The first-order valence-electron chi connectivity index (χ1n) is 10.5. The van der Waals surface area contributed by atoms with Crippen LogP contribution in [-0.4, -0.2) is 35.1 Å². The summed E-state index contributed by atoms with van der Waals surface area (Å²) in [4.78, 5) is 13.1. The minimum Gasteiger partial charge on any atom is -0.493 e. The number of nitrogens with zero attached hydrogens (tertiary/aromatic N) is 1. The maximum absolute atomic E-state index is 13.4. The van der Waals surface area contributed by atoms with Crippen LogP contribution in [-0.2, 0) is 14.8 Å². The van der Waals surface area contributed by atoms with Crippen LogP contribution in [0.1, 0.15) is 24.1 Å². The second-order valence-corrected chi connectivity index (χ2v) is 9.93. The SMILES string of the molecule is COc1ccc(C(C)NC(=O)CN(c2ccc(C)c(Cl)c2)S(=O)(=O)c2ccccc2)cc1OC. The Morgan fingerprint density at radius 1 is 1.00 bits per heavy atom. The van der Waals surface area contributed by atoms with Gasteiger partial charge in [0.25, 0.3) is 10.0 Å². The van der Waals surface area contributed by atoms with E-state index in [2.05, 4.69) is 5.32 Å². The molecule has 0 aliphatic rings. The Hall–Kier alpha value is -3.23. The van der Waals surface area contributed by atoms with E-state index in [4.69, 9.17) is 21.1 Å². The normalized spacial score (nSPS) is 12.0. The zero-order chi connectivity index (χ0) is 24.9. The van der Waals surface area contributed by atoms with E-state index in [0.29, 0.717) is 22.2 Å². The van der Waals surface area contributed by atoms with Crippen LogP contribution in [0.5, 0.6) is 11.5 Å². The molecule has 0 fully saturated rings. The lowest BCUT2D eigenvalue weighted by Gasteiger charge is -2.25. The number of sulfonamides is 1. The Balaban J connectivity index is 1.89. The van der Waals surface area contributed by atoms with Gasteiger partial charge < -0.3 is 14.8 Å². The van der Waals surface area contributed by atoms with Crippen LogP contribution in [0.15, 0.2) is 71.6 Å². The zero-order valence-corrected chi connectivity index (χ0v) is 21.0. The fourth-order valence-electron chi connectivity index (χ4n) is 3.39. The third-order valence-corrected chi connectivity index (χ3v) is 7.54. The van der Waals surface area contributed by atoms with Gasteiger partial charge in [0, 0.05) is 5.02 Å². The van der Waals surface area contributed by atoms with Gasteiger partial charge in [0.1, 0.15) is 6.54 Å². The number of carbonyl (C=O) groups is 1. The van der Waals surface area contributed by atoms with E-state index in [-0.39, 0.29) is 4.90 Å². The number of ether oxygens (including phenoxy) is 2. The fraction of sp³-hybridized carbons (Fsp3) is 0.240. The minimum absolute atomic E-state index is 0.0763. The Morgan fingerprint density at radius 2 is 1.68 bits per heavy atom. The van der Waals surface area contributed by atoms with Crippen molar-refractivity contribution in [2.24, 2.45) is 0 Å². The Bertz CT molecular complexity index is 1270. The molecule has 1 unspecified atom stereocenters. The number of carbonyl (C=O) groups excluding carboxylic acids is 1.